The molecular weight excluding hydrogens is 518 g/mol. The van der Waals surface area contributed by atoms with Crippen molar-refractivity contribution in [3.05, 3.63) is 75.6 Å². The lowest BCUT2D eigenvalue weighted by Gasteiger charge is -2.21. The number of aromatic nitrogens is 9. The molecule has 12 nitrogen and oxygen atoms in total. The summed E-state index contributed by atoms with van der Waals surface area (Å²) in [5.41, 5.74) is 10.7. The van der Waals surface area contributed by atoms with Crippen LogP contribution >= 0.6 is 11.6 Å². The van der Waals surface area contributed by atoms with Crippen molar-refractivity contribution in [1.29, 1.82) is 0 Å². The van der Waals surface area contributed by atoms with Gasteiger partial charge >= 0.3 is 0 Å². The van der Waals surface area contributed by atoms with E-state index in [9.17, 15) is 4.79 Å². The Bertz CT molecular complexity index is 2070. The minimum atomic E-state index is -2.60. The Balaban J connectivity index is 1.52. The van der Waals surface area contributed by atoms with Gasteiger partial charge in [-0.3, -0.25) is 13.8 Å². The number of nitrogen functional groups attached to an aromatic ring is 1. The Kier molecular flexibility index (Phi) is 4.97. The number of hydrogen-bond acceptors (Lipinski definition) is 9. The topological polar surface area (TPSA) is 147 Å². The number of anilines is 2. The van der Waals surface area contributed by atoms with Crippen molar-refractivity contribution in [2.45, 2.75) is 19.9 Å². The van der Waals surface area contributed by atoms with Crippen molar-refractivity contribution in [1.82, 2.24) is 44.1 Å². The molecule has 6 aromatic rings. The molecule has 5 aromatic heterocycles. The van der Waals surface area contributed by atoms with Crippen LogP contribution in [0.4, 0.5) is 11.5 Å². The first kappa shape index (κ1) is 21.1. The van der Waals surface area contributed by atoms with Gasteiger partial charge in [0.2, 0.25) is 5.82 Å². The molecule has 1 atom stereocenters. The van der Waals surface area contributed by atoms with Gasteiger partial charge in [0.25, 0.3) is 5.56 Å². The standard InChI is InChI=1S/C26H24ClN11O/c1-13-10-16(14(2)31-18-7-8-19(27)32-21(18)24-33-35-37(4)34-24)22-17(11-13)26(39)36(3)25-20(30-12-38(22)25)15-6-5-9-29-23(15)28/h5-12,14,31H,1-4H3,(H2,28,29)/i4D3. The van der Waals surface area contributed by atoms with Crippen molar-refractivity contribution in [2.75, 3.05) is 11.1 Å². The first-order chi connectivity index (χ1) is 19.9. The van der Waals surface area contributed by atoms with Gasteiger partial charge in [0.15, 0.2) is 0 Å². The summed E-state index contributed by atoms with van der Waals surface area (Å²) in [5.74, 6) is 0.290. The number of nitrogens with zero attached hydrogens (tertiary/aromatic N) is 9. The van der Waals surface area contributed by atoms with Crippen LogP contribution in [-0.2, 0) is 14.0 Å². The number of nitrogens with one attached hydrogen (secondary N) is 1. The number of rotatable bonds is 5. The Labute approximate surface area is 231 Å². The second-order valence-electron chi connectivity index (χ2n) is 9.14. The van der Waals surface area contributed by atoms with Crippen LogP contribution in [0.15, 0.2) is 53.7 Å². The Morgan fingerprint density at radius 1 is 1.18 bits per heavy atom. The van der Waals surface area contributed by atoms with Crippen LogP contribution in [-0.4, -0.2) is 44.1 Å². The fraction of sp³-hybridized carbons (Fsp3) is 0.192. The van der Waals surface area contributed by atoms with Gasteiger partial charge in [0.05, 0.1) is 29.6 Å². The van der Waals surface area contributed by atoms with E-state index in [0.29, 0.717) is 44.1 Å². The Morgan fingerprint density at radius 2 is 2.03 bits per heavy atom. The Morgan fingerprint density at radius 3 is 2.79 bits per heavy atom. The molecule has 0 aliphatic carbocycles. The van der Waals surface area contributed by atoms with Gasteiger partial charge in [-0.1, -0.05) is 17.7 Å². The van der Waals surface area contributed by atoms with E-state index >= 15 is 0 Å². The van der Waals surface area contributed by atoms with E-state index in [1.807, 2.05) is 36.4 Å². The molecule has 0 fully saturated rings. The van der Waals surface area contributed by atoms with Crippen molar-refractivity contribution in [3.8, 4) is 22.8 Å². The average molecular weight is 545 g/mol. The predicted octanol–water partition coefficient (Wildman–Crippen LogP) is 3.55. The second-order valence-corrected chi connectivity index (χ2v) is 9.52. The first-order valence-corrected chi connectivity index (χ1v) is 12.3. The molecule has 0 spiro atoms. The summed E-state index contributed by atoms with van der Waals surface area (Å²) >= 11 is 6.18. The molecule has 13 heteroatoms. The molecule has 0 aliphatic rings. The SMILES string of the molecule is [2H]C([2H])([2H])n1nnc(-c2nc(Cl)ccc2NC(C)c2cc(C)cc3c(=O)n(C)c4c(-c5cccnc5N)ncn4c23)n1. The van der Waals surface area contributed by atoms with Crippen LogP contribution in [0, 0.1) is 6.92 Å². The molecular formula is C26H24ClN11O. The highest BCUT2D eigenvalue weighted by Gasteiger charge is 2.22. The lowest BCUT2D eigenvalue weighted by Crippen LogP contribution is -2.21. The zero-order valence-electron chi connectivity index (χ0n) is 24.1. The van der Waals surface area contributed by atoms with Gasteiger partial charge in [0, 0.05) is 22.9 Å². The average Bonchev–Trinajstić information content (AvgIpc) is 3.61. The van der Waals surface area contributed by atoms with Crippen molar-refractivity contribution in [2.24, 2.45) is 14.0 Å². The molecule has 0 aliphatic heterocycles. The molecule has 5 heterocycles. The molecule has 1 unspecified atom stereocenters. The second kappa shape index (κ2) is 9.17. The minimum absolute atomic E-state index is 0.0120. The molecule has 39 heavy (non-hydrogen) atoms. The van der Waals surface area contributed by atoms with Gasteiger partial charge in [0.1, 0.15) is 34.3 Å². The van der Waals surface area contributed by atoms with Crippen molar-refractivity contribution >= 4 is 39.7 Å². The van der Waals surface area contributed by atoms with E-state index in [0.717, 1.165) is 11.1 Å². The van der Waals surface area contributed by atoms with Crippen LogP contribution in [0.3, 0.4) is 0 Å². The first-order valence-electron chi connectivity index (χ1n) is 13.4. The van der Waals surface area contributed by atoms with Gasteiger partial charge in [-0.2, -0.15) is 4.80 Å². The highest BCUT2D eigenvalue weighted by Crippen LogP contribution is 2.33. The number of tetrazole rings is 1. The molecule has 0 bridgehead atoms. The maximum Gasteiger partial charge on any atom is 0.261 e. The van der Waals surface area contributed by atoms with Gasteiger partial charge < -0.3 is 11.1 Å². The van der Waals surface area contributed by atoms with Gasteiger partial charge in [-0.25, -0.2) is 15.0 Å². The number of fused-ring (bicyclic) bond motifs is 3. The van der Waals surface area contributed by atoms with E-state index in [2.05, 4.69) is 35.7 Å². The van der Waals surface area contributed by atoms with E-state index in [1.165, 1.54) is 0 Å². The van der Waals surface area contributed by atoms with E-state index in [1.54, 1.807) is 42.3 Å². The lowest BCUT2D eigenvalue weighted by atomic mass is 10.0. The van der Waals surface area contributed by atoms with Crippen molar-refractivity contribution in [3.63, 3.8) is 0 Å². The molecule has 1 aromatic carbocycles. The van der Waals surface area contributed by atoms with E-state index < -0.39 is 13.0 Å². The maximum absolute atomic E-state index is 13.7. The van der Waals surface area contributed by atoms with Crippen molar-refractivity contribution < 1.29 is 4.11 Å². The number of aryl methyl sites for hydroxylation is 3. The van der Waals surface area contributed by atoms with E-state index in [-0.39, 0.29) is 22.2 Å². The number of pyridine rings is 2. The van der Waals surface area contributed by atoms with Crippen LogP contribution < -0.4 is 16.6 Å². The number of benzene rings is 1. The predicted molar refractivity (Wildman–Crippen MR) is 149 cm³/mol. The van der Waals surface area contributed by atoms with Gasteiger partial charge in [-0.15, -0.1) is 10.2 Å². The number of nitrogens with two attached hydrogens (primary N) is 1. The molecule has 3 N–H and O–H groups in total. The highest BCUT2D eigenvalue weighted by atomic mass is 35.5. The fourth-order valence-corrected chi connectivity index (χ4v) is 4.97. The molecule has 6 rings (SSSR count). The third-order valence-electron chi connectivity index (χ3n) is 6.54. The van der Waals surface area contributed by atoms with E-state index in [4.69, 9.17) is 21.4 Å². The normalized spacial score (nSPS) is 13.8. The summed E-state index contributed by atoms with van der Waals surface area (Å²) in [6.45, 7) is 1.24. The zero-order chi connectivity index (χ0) is 29.9. The summed E-state index contributed by atoms with van der Waals surface area (Å²) < 4.78 is 26.1. The summed E-state index contributed by atoms with van der Waals surface area (Å²) in [6, 6.07) is 10.3. The smallest absolute Gasteiger partial charge is 0.261 e. The number of hydrogen-bond donors (Lipinski definition) is 2. The van der Waals surface area contributed by atoms with Crippen LogP contribution in [0.5, 0.6) is 0 Å². The van der Waals surface area contributed by atoms with Crippen LogP contribution in [0.2, 0.25) is 5.15 Å². The Hall–Kier alpha value is -4.84. The molecule has 0 amide bonds. The fourth-order valence-electron chi connectivity index (χ4n) is 4.82. The monoisotopic (exact) mass is 544 g/mol. The molecule has 196 valence electrons. The zero-order valence-corrected chi connectivity index (χ0v) is 21.8. The largest absolute Gasteiger partial charge is 0.383 e. The summed E-state index contributed by atoms with van der Waals surface area (Å²) in [4.78, 5) is 27.4. The molecule has 0 saturated carbocycles. The third kappa shape index (κ3) is 4.05. The summed E-state index contributed by atoms with van der Waals surface area (Å²) in [5, 5.41) is 15.6. The van der Waals surface area contributed by atoms with Crippen LogP contribution in [0.25, 0.3) is 39.3 Å². The van der Waals surface area contributed by atoms with Gasteiger partial charge in [-0.05, 0) is 60.5 Å². The quantitative estimate of drug-likeness (QED) is 0.311. The molecule has 0 saturated heterocycles. The summed E-state index contributed by atoms with van der Waals surface area (Å²) in [6.07, 6.45) is 3.26. The number of imidazole rings is 1. The maximum atomic E-state index is 13.7. The minimum Gasteiger partial charge on any atom is -0.383 e. The third-order valence-corrected chi connectivity index (χ3v) is 6.75. The van der Waals surface area contributed by atoms with Crippen LogP contribution in [0.1, 0.15) is 28.2 Å². The molecule has 0 radical (unpaired) electrons. The highest BCUT2D eigenvalue weighted by molar-refractivity contribution is 6.29. The number of halogens is 1. The summed E-state index contributed by atoms with van der Waals surface area (Å²) in [7, 11) is 1.70. The lowest BCUT2D eigenvalue weighted by molar-refractivity contribution is 0.630.